The van der Waals surface area contributed by atoms with Crippen LogP contribution in [0.1, 0.15) is 63.0 Å². The number of rotatable bonds is 8. The van der Waals surface area contributed by atoms with Crippen LogP contribution < -0.4 is 4.74 Å². The number of phenolic OH excluding ortho intramolecular Hbond substituents is 1. The summed E-state index contributed by atoms with van der Waals surface area (Å²) in [5, 5.41) is 19.6. The number of phenols is 1. The van der Waals surface area contributed by atoms with Gasteiger partial charge in [-0.2, -0.15) is 8.78 Å². The van der Waals surface area contributed by atoms with E-state index in [1.807, 2.05) is 13.8 Å². The minimum Gasteiger partial charge on any atom is -0.508 e. The topological polar surface area (TPSA) is 125 Å². The Morgan fingerprint density at radius 1 is 1.34 bits per heavy atom. The zero-order valence-corrected chi connectivity index (χ0v) is 17.8. The van der Waals surface area contributed by atoms with E-state index in [0.29, 0.717) is 18.4 Å². The number of alkyl halides is 2. The molecule has 11 heteroatoms. The van der Waals surface area contributed by atoms with E-state index in [-0.39, 0.29) is 55.8 Å². The predicted molar refractivity (Wildman–Crippen MR) is 105 cm³/mol. The van der Waals surface area contributed by atoms with Crippen molar-refractivity contribution in [2.45, 2.75) is 63.4 Å². The molecule has 0 amide bonds. The monoisotopic (exact) mass is 457 g/mol. The average Bonchev–Trinajstić information content (AvgIpc) is 2.68. The summed E-state index contributed by atoms with van der Waals surface area (Å²) in [4.78, 5) is 38.2. The molecule has 1 heterocycles. The molecule has 0 unspecified atom stereocenters. The maximum Gasteiger partial charge on any atom is 0.381 e. The number of carbonyl (C=O) groups is 2. The van der Waals surface area contributed by atoms with Crippen LogP contribution in [0.5, 0.6) is 11.5 Å². The second-order valence-electron chi connectivity index (χ2n) is 8.58. The lowest BCUT2D eigenvalue weighted by Gasteiger charge is -2.47. The fourth-order valence-corrected chi connectivity index (χ4v) is 4.47. The molecule has 1 aliphatic carbocycles. The summed E-state index contributed by atoms with van der Waals surface area (Å²) in [5.41, 5.74) is -1.22. The minimum absolute atomic E-state index is 0.0188. The number of Topliss-reactive ketones (excluding diaryl/α,β-unsaturated/α-hetero) is 1. The van der Waals surface area contributed by atoms with E-state index in [2.05, 4.69) is 9.57 Å². The van der Waals surface area contributed by atoms with Crippen molar-refractivity contribution < 1.29 is 42.9 Å². The van der Waals surface area contributed by atoms with Crippen molar-refractivity contribution in [1.29, 1.82) is 0 Å². The standard InChI is InChI=1S/C21H25F2NO8/c1-20(2)15-6-5-13(25)11-14(15)18-16(26)9-12(10-17(18)32-20)21(22,23)19(27)30-7-3-4-8-31-24(28)29/h9-10,14-15,26H,3-8,11H2,1-2H3/t14-,15+/m1/s1. The normalized spacial score (nSPS) is 21.7. The second-order valence-corrected chi connectivity index (χ2v) is 8.58. The second kappa shape index (κ2) is 8.87. The maximum absolute atomic E-state index is 14.8. The van der Waals surface area contributed by atoms with Crippen LogP contribution in [0.4, 0.5) is 8.78 Å². The largest absolute Gasteiger partial charge is 0.508 e. The van der Waals surface area contributed by atoms with Crippen LogP contribution in [0.3, 0.4) is 0 Å². The molecule has 1 fully saturated rings. The Balaban J connectivity index is 1.76. The van der Waals surface area contributed by atoms with Crippen LogP contribution in [0.2, 0.25) is 0 Å². The van der Waals surface area contributed by atoms with Crippen molar-refractivity contribution in [3.8, 4) is 11.5 Å². The van der Waals surface area contributed by atoms with Crippen molar-refractivity contribution in [3.63, 3.8) is 0 Å². The van der Waals surface area contributed by atoms with Gasteiger partial charge >= 0.3 is 11.9 Å². The molecule has 3 rings (SSSR count). The predicted octanol–water partition coefficient (Wildman–Crippen LogP) is 3.64. The van der Waals surface area contributed by atoms with E-state index in [1.165, 1.54) is 0 Å². The first-order valence-corrected chi connectivity index (χ1v) is 10.3. The molecule has 176 valence electrons. The Kier molecular flexibility index (Phi) is 6.56. The third-order valence-corrected chi connectivity index (χ3v) is 6.01. The number of fused-ring (bicyclic) bond motifs is 3. The highest BCUT2D eigenvalue weighted by molar-refractivity contribution is 5.82. The third-order valence-electron chi connectivity index (χ3n) is 6.01. The summed E-state index contributed by atoms with van der Waals surface area (Å²) in [6.07, 6.45) is 1.41. The first-order chi connectivity index (χ1) is 14.9. The van der Waals surface area contributed by atoms with Crippen LogP contribution in [-0.4, -0.2) is 40.8 Å². The van der Waals surface area contributed by atoms with Gasteiger partial charge in [-0.1, -0.05) is 0 Å². The number of benzene rings is 1. The van der Waals surface area contributed by atoms with Crippen molar-refractivity contribution in [2.24, 2.45) is 5.92 Å². The number of unbranched alkanes of at least 4 members (excludes halogenated alkanes) is 1. The number of halogens is 2. The highest BCUT2D eigenvalue weighted by Gasteiger charge is 2.49. The molecule has 0 spiro atoms. The van der Waals surface area contributed by atoms with E-state index in [1.54, 1.807) is 0 Å². The number of hydrogen-bond donors (Lipinski definition) is 1. The lowest BCUT2D eigenvalue weighted by atomic mass is 9.66. The lowest BCUT2D eigenvalue weighted by molar-refractivity contribution is -0.757. The molecule has 0 bridgehead atoms. The van der Waals surface area contributed by atoms with E-state index in [4.69, 9.17) is 4.74 Å². The molecule has 0 aromatic heterocycles. The van der Waals surface area contributed by atoms with Gasteiger partial charge in [0.05, 0.1) is 13.2 Å². The van der Waals surface area contributed by atoms with E-state index < -0.39 is 33.9 Å². The molecule has 1 aromatic rings. The Morgan fingerprint density at radius 3 is 2.72 bits per heavy atom. The molecule has 1 N–H and O–H groups in total. The van der Waals surface area contributed by atoms with Gasteiger partial charge in [0.25, 0.3) is 5.09 Å². The summed E-state index contributed by atoms with van der Waals surface area (Å²) in [7, 11) is 0. The first kappa shape index (κ1) is 23.7. The number of nitrogens with zero attached hydrogens (tertiary/aromatic N) is 1. The van der Waals surface area contributed by atoms with E-state index in [0.717, 1.165) is 12.1 Å². The fraction of sp³-hybridized carbons (Fsp3) is 0.619. The van der Waals surface area contributed by atoms with Crippen LogP contribution in [0.25, 0.3) is 0 Å². The molecular formula is C21H25F2NO8. The van der Waals surface area contributed by atoms with Gasteiger partial charge in [-0.3, -0.25) is 4.79 Å². The molecule has 32 heavy (non-hydrogen) atoms. The van der Waals surface area contributed by atoms with Gasteiger partial charge < -0.3 is 19.4 Å². The molecule has 2 aliphatic rings. The molecule has 0 saturated heterocycles. The Bertz CT molecular complexity index is 917. The summed E-state index contributed by atoms with van der Waals surface area (Å²) in [6, 6.07) is 1.82. The van der Waals surface area contributed by atoms with Crippen molar-refractivity contribution >= 4 is 11.8 Å². The van der Waals surface area contributed by atoms with E-state index >= 15 is 0 Å². The van der Waals surface area contributed by atoms with Gasteiger partial charge in [-0.05, 0) is 45.2 Å². The summed E-state index contributed by atoms with van der Waals surface area (Å²) < 4.78 is 40.1. The molecule has 1 saturated carbocycles. The van der Waals surface area contributed by atoms with Crippen molar-refractivity contribution in [1.82, 2.24) is 0 Å². The quantitative estimate of drug-likeness (QED) is 0.271. The fourth-order valence-electron chi connectivity index (χ4n) is 4.47. The van der Waals surface area contributed by atoms with Crippen LogP contribution in [0, 0.1) is 16.0 Å². The highest BCUT2D eigenvalue weighted by Crippen LogP contribution is 2.54. The average molecular weight is 457 g/mol. The molecule has 1 aromatic carbocycles. The number of ketones is 1. The Morgan fingerprint density at radius 2 is 2.03 bits per heavy atom. The third kappa shape index (κ3) is 4.76. The van der Waals surface area contributed by atoms with Gasteiger partial charge in [-0.15, -0.1) is 10.1 Å². The Labute approximate surface area is 182 Å². The Hall–Kier alpha value is -2.98. The van der Waals surface area contributed by atoms with Gasteiger partial charge in [0.1, 0.15) is 22.9 Å². The minimum atomic E-state index is -4.06. The van der Waals surface area contributed by atoms with Gasteiger partial charge in [-0.25, -0.2) is 4.79 Å². The van der Waals surface area contributed by atoms with Gasteiger partial charge in [0, 0.05) is 35.8 Å². The molecular weight excluding hydrogens is 432 g/mol. The summed E-state index contributed by atoms with van der Waals surface area (Å²) >= 11 is 0. The van der Waals surface area contributed by atoms with Gasteiger partial charge in [0.15, 0.2) is 0 Å². The van der Waals surface area contributed by atoms with Crippen LogP contribution >= 0.6 is 0 Å². The maximum atomic E-state index is 14.8. The summed E-state index contributed by atoms with van der Waals surface area (Å²) in [6.45, 7) is 3.00. The smallest absolute Gasteiger partial charge is 0.381 e. The van der Waals surface area contributed by atoms with Crippen LogP contribution in [0.15, 0.2) is 12.1 Å². The molecule has 9 nitrogen and oxygen atoms in total. The van der Waals surface area contributed by atoms with Crippen molar-refractivity contribution in [2.75, 3.05) is 13.2 Å². The molecule has 1 aliphatic heterocycles. The van der Waals surface area contributed by atoms with E-state index in [9.17, 15) is 33.6 Å². The molecule has 2 atom stereocenters. The van der Waals surface area contributed by atoms with Gasteiger partial charge in [0.2, 0.25) is 0 Å². The number of hydrogen-bond acceptors (Lipinski definition) is 8. The lowest BCUT2D eigenvalue weighted by Crippen LogP contribution is -2.47. The number of esters is 1. The zero-order valence-electron chi connectivity index (χ0n) is 17.8. The number of carbonyl (C=O) groups excluding carboxylic acids is 2. The first-order valence-electron chi connectivity index (χ1n) is 10.3. The highest BCUT2D eigenvalue weighted by atomic mass is 19.3. The van der Waals surface area contributed by atoms with Crippen molar-refractivity contribution in [3.05, 3.63) is 33.4 Å². The summed E-state index contributed by atoms with van der Waals surface area (Å²) in [5.74, 6) is -6.69. The molecule has 0 radical (unpaired) electrons. The number of ether oxygens (including phenoxy) is 2. The number of aromatic hydroxyl groups is 1. The van der Waals surface area contributed by atoms with Crippen LogP contribution in [-0.2, 0) is 25.1 Å². The zero-order chi connectivity index (χ0) is 23.7. The SMILES string of the molecule is CC1(C)Oc2cc(C(F)(F)C(=O)OCCCCO[N+](=O)[O-])cc(O)c2[C@@H]2CC(=O)CC[C@@H]21.